The maximum absolute atomic E-state index is 12.5. The lowest BCUT2D eigenvalue weighted by Crippen LogP contribution is -2.20. The number of carboxylic acids is 1. The Hall–Kier alpha value is -3.59. The van der Waals surface area contributed by atoms with Gasteiger partial charge in [-0.2, -0.15) is 0 Å². The van der Waals surface area contributed by atoms with Crippen LogP contribution in [-0.2, 0) is 17.8 Å². The third kappa shape index (κ3) is 8.08. The summed E-state index contributed by atoms with van der Waals surface area (Å²) in [6, 6.07) is 12.6. The van der Waals surface area contributed by atoms with Crippen LogP contribution in [0, 0.1) is 12.8 Å². The first-order valence-electron chi connectivity index (χ1n) is 11.0. The number of aliphatic carboxylic acids is 1. The van der Waals surface area contributed by atoms with Crippen molar-refractivity contribution in [1.82, 2.24) is 4.98 Å². The summed E-state index contributed by atoms with van der Waals surface area (Å²) < 4.78 is 11.6. The number of amides is 2. The van der Waals surface area contributed by atoms with E-state index in [4.69, 9.17) is 14.6 Å². The number of nitrogens with zero attached hydrogens (tertiary/aromatic N) is 1. The first-order chi connectivity index (χ1) is 16.3. The number of ether oxygens (including phenoxy) is 2. The fourth-order valence-corrected chi connectivity index (χ4v) is 3.67. The van der Waals surface area contributed by atoms with Crippen LogP contribution >= 0.6 is 11.3 Å². The molecule has 0 saturated carbocycles. The van der Waals surface area contributed by atoms with Crippen molar-refractivity contribution < 1.29 is 24.2 Å². The van der Waals surface area contributed by atoms with Gasteiger partial charge in [0.15, 0.2) is 5.13 Å². The number of anilines is 2. The maximum Gasteiger partial charge on any atom is 0.325 e. The second-order valence-corrected chi connectivity index (χ2v) is 9.36. The van der Waals surface area contributed by atoms with Crippen LogP contribution in [0.15, 0.2) is 48.7 Å². The highest BCUT2D eigenvalue weighted by Crippen LogP contribution is 2.27. The highest BCUT2D eigenvalue weighted by atomic mass is 32.1. The molecule has 34 heavy (non-hydrogen) atoms. The van der Waals surface area contributed by atoms with Crippen molar-refractivity contribution in [3.63, 3.8) is 0 Å². The van der Waals surface area contributed by atoms with E-state index >= 15 is 0 Å². The van der Waals surface area contributed by atoms with Gasteiger partial charge in [0.2, 0.25) is 0 Å². The van der Waals surface area contributed by atoms with Gasteiger partial charge in [0, 0.05) is 12.6 Å². The van der Waals surface area contributed by atoms with E-state index in [1.807, 2.05) is 49.4 Å². The molecule has 2 amide bonds. The molecule has 0 fully saturated rings. The van der Waals surface area contributed by atoms with Gasteiger partial charge in [-0.05, 0) is 54.7 Å². The van der Waals surface area contributed by atoms with Gasteiger partial charge in [-0.15, -0.1) is 0 Å². The molecule has 0 aliphatic rings. The lowest BCUT2D eigenvalue weighted by atomic mass is 10.1. The average molecular weight is 484 g/mol. The van der Waals surface area contributed by atoms with Gasteiger partial charge in [-0.3, -0.25) is 10.1 Å². The minimum atomic E-state index is -0.817. The zero-order chi connectivity index (χ0) is 24.5. The number of carbonyl (C=O) groups excluding carboxylic acids is 1. The summed E-state index contributed by atoms with van der Waals surface area (Å²) in [5, 5.41) is 14.8. The van der Waals surface area contributed by atoms with E-state index in [9.17, 15) is 9.59 Å². The third-order valence-corrected chi connectivity index (χ3v) is 5.55. The predicted molar refractivity (Wildman–Crippen MR) is 133 cm³/mol. The molecule has 0 saturated heterocycles. The van der Waals surface area contributed by atoms with Crippen LogP contribution in [0.3, 0.4) is 0 Å². The molecular formula is C25H29N3O5S. The molecule has 0 spiro atoms. The molecular weight excluding hydrogens is 454 g/mol. The molecule has 0 aliphatic carbocycles. The van der Waals surface area contributed by atoms with Crippen molar-refractivity contribution in [2.75, 3.05) is 17.2 Å². The molecule has 3 aromatic rings. The number of thiazole rings is 1. The van der Waals surface area contributed by atoms with Crippen LogP contribution in [0.5, 0.6) is 11.5 Å². The number of hydrogen-bond acceptors (Lipinski definition) is 6. The molecule has 0 atom stereocenters. The quantitative estimate of drug-likeness (QED) is 0.321. The SMILES string of the molecule is Cc1ccc(NC(=O)Nc2ncc(COc3ccc(CCC(=O)O)cc3)s2)c(OCC(C)C)c1. The van der Waals surface area contributed by atoms with Crippen LogP contribution < -0.4 is 20.1 Å². The zero-order valence-electron chi connectivity index (χ0n) is 19.5. The van der Waals surface area contributed by atoms with Crippen molar-refractivity contribution in [3.8, 4) is 11.5 Å². The summed E-state index contributed by atoms with van der Waals surface area (Å²) in [5.74, 6) is 0.856. The first kappa shape index (κ1) is 25.0. The van der Waals surface area contributed by atoms with E-state index in [1.165, 1.54) is 11.3 Å². The Morgan fingerprint density at radius 3 is 2.56 bits per heavy atom. The number of carbonyl (C=O) groups is 2. The Kier molecular flexibility index (Phi) is 8.86. The lowest BCUT2D eigenvalue weighted by Gasteiger charge is -2.14. The molecule has 180 valence electrons. The standard InChI is InChI=1S/C25H29N3O5S/c1-16(2)14-33-22-12-17(3)4-10-21(22)27-24(31)28-25-26-13-20(34-25)15-32-19-8-5-18(6-9-19)7-11-23(29)30/h4-6,8-10,12-13,16H,7,11,14-15H2,1-3H3,(H,29,30)(H2,26,27,28,31). The Morgan fingerprint density at radius 1 is 1.09 bits per heavy atom. The highest BCUT2D eigenvalue weighted by Gasteiger charge is 2.12. The Bertz CT molecular complexity index is 1110. The van der Waals surface area contributed by atoms with Crippen LogP contribution in [-0.4, -0.2) is 28.7 Å². The lowest BCUT2D eigenvalue weighted by molar-refractivity contribution is -0.136. The van der Waals surface area contributed by atoms with E-state index in [-0.39, 0.29) is 6.42 Å². The van der Waals surface area contributed by atoms with E-state index in [1.54, 1.807) is 6.20 Å². The largest absolute Gasteiger partial charge is 0.491 e. The average Bonchev–Trinajstić information content (AvgIpc) is 3.24. The molecule has 0 aliphatic heterocycles. The van der Waals surface area contributed by atoms with Gasteiger partial charge >= 0.3 is 12.0 Å². The van der Waals surface area contributed by atoms with Crippen molar-refractivity contribution in [1.29, 1.82) is 0 Å². The number of rotatable bonds is 11. The molecule has 0 bridgehead atoms. The Balaban J connectivity index is 1.51. The number of carboxylic acid groups (broad SMARTS) is 1. The van der Waals surface area contributed by atoms with Crippen molar-refractivity contribution in [2.45, 2.75) is 40.2 Å². The highest BCUT2D eigenvalue weighted by molar-refractivity contribution is 7.15. The van der Waals surface area contributed by atoms with Crippen LogP contribution in [0.4, 0.5) is 15.6 Å². The van der Waals surface area contributed by atoms with Gasteiger partial charge in [0.05, 0.1) is 17.2 Å². The monoisotopic (exact) mass is 483 g/mol. The summed E-state index contributed by atoms with van der Waals surface area (Å²) >= 11 is 1.32. The predicted octanol–water partition coefficient (Wildman–Crippen LogP) is 5.73. The second-order valence-electron chi connectivity index (χ2n) is 8.24. The van der Waals surface area contributed by atoms with E-state index in [0.717, 1.165) is 16.0 Å². The molecule has 9 heteroatoms. The van der Waals surface area contributed by atoms with Gasteiger partial charge in [0.1, 0.15) is 18.1 Å². The topological polar surface area (TPSA) is 110 Å². The molecule has 2 aromatic carbocycles. The molecule has 3 rings (SSSR count). The molecule has 1 heterocycles. The minimum absolute atomic E-state index is 0.0978. The van der Waals surface area contributed by atoms with E-state index in [2.05, 4.69) is 29.5 Å². The van der Waals surface area contributed by atoms with Gasteiger partial charge in [-0.25, -0.2) is 9.78 Å². The third-order valence-electron chi connectivity index (χ3n) is 4.66. The number of nitrogens with one attached hydrogen (secondary N) is 2. The van der Waals surface area contributed by atoms with Crippen molar-refractivity contribution in [3.05, 3.63) is 64.7 Å². The molecule has 0 radical (unpaired) electrons. The summed E-state index contributed by atoms with van der Waals surface area (Å²) in [6.45, 7) is 6.97. The van der Waals surface area contributed by atoms with Gasteiger partial charge in [-0.1, -0.05) is 43.4 Å². The van der Waals surface area contributed by atoms with Crippen LogP contribution in [0.2, 0.25) is 0 Å². The van der Waals surface area contributed by atoms with Crippen LogP contribution in [0.1, 0.15) is 36.3 Å². The first-order valence-corrected chi connectivity index (χ1v) is 11.8. The number of benzene rings is 2. The maximum atomic E-state index is 12.5. The van der Waals surface area contributed by atoms with E-state index in [0.29, 0.717) is 47.9 Å². The number of urea groups is 1. The summed E-state index contributed by atoms with van der Waals surface area (Å²) in [6.07, 6.45) is 2.24. The summed E-state index contributed by atoms with van der Waals surface area (Å²) in [7, 11) is 0. The molecule has 0 unspecified atom stereocenters. The summed E-state index contributed by atoms with van der Waals surface area (Å²) in [4.78, 5) is 28.3. The van der Waals surface area contributed by atoms with Crippen molar-refractivity contribution >= 4 is 34.2 Å². The smallest absolute Gasteiger partial charge is 0.325 e. The van der Waals surface area contributed by atoms with Gasteiger partial charge in [0.25, 0.3) is 0 Å². The molecule has 3 N–H and O–H groups in total. The number of aromatic nitrogens is 1. The molecule has 8 nitrogen and oxygen atoms in total. The Labute approximate surface area is 202 Å². The van der Waals surface area contributed by atoms with Gasteiger partial charge < -0.3 is 19.9 Å². The molecule has 1 aromatic heterocycles. The van der Waals surface area contributed by atoms with E-state index < -0.39 is 12.0 Å². The zero-order valence-corrected chi connectivity index (χ0v) is 20.3. The van der Waals surface area contributed by atoms with Crippen molar-refractivity contribution in [2.24, 2.45) is 5.92 Å². The second kappa shape index (κ2) is 12.0. The number of aryl methyl sites for hydroxylation is 2. The van der Waals surface area contributed by atoms with Crippen LogP contribution in [0.25, 0.3) is 0 Å². The fraction of sp³-hybridized carbons (Fsp3) is 0.320. The Morgan fingerprint density at radius 2 is 1.85 bits per heavy atom. The number of hydrogen-bond donors (Lipinski definition) is 3. The minimum Gasteiger partial charge on any atom is -0.491 e. The fourth-order valence-electron chi connectivity index (χ4n) is 2.95. The summed E-state index contributed by atoms with van der Waals surface area (Å²) in [5.41, 5.74) is 2.58. The normalized spacial score (nSPS) is 10.7.